The van der Waals surface area contributed by atoms with Gasteiger partial charge in [-0.25, -0.2) is 9.98 Å². The summed E-state index contributed by atoms with van der Waals surface area (Å²) < 4.78 is 2.27. The van der Waals surface area contributed by atoms with Crippen LogP contribution >= 0.6 is 0 Å². The molecule has 0 fully saturated rings. The van der Waals surface area contributed by atoms with Gasteiger partial charge in [0.15, 0.2) is 5.69 Å². The van der Waals surface area contributed by atoms with Crippen LogP contribution in [-0.2, 0) is 0 Å². The van der Waals surface area contributed by atoms with Crippen molar-refractivity contribution in [2.75, 3.05) is 29.9 Å². The lowest BCUT2D eigenvalue weighted by molar-refractivity contribution is -0.538. The summed E-state index contributed by atoms with van der Waals surface area (Å²) in [6.07, 6.45) is 12.5. The minimum atomic E-state index is 0.729. The van der Waals surface area contributed by atoms with Gasteiger partial charge in [-0.3, -0.25) is 5.32 Å². The molecule has 8 N–H and O–H groups in total. The largest absolute Gasteiger partial charge is 0.399 e. The normalized spacial score (nSPS) is 13.6. The number of anilines is 3. The lowest BCUT2D eigenvalue weighted by Crippen LogP contribution is -2.71. The number of hydrogen-bond acceptors (Lipinski definition) is 6. The van der Waals surface area contributed by atoms with Gasteiger partial charge in [0.2, 0.25) is 16.7 Å². The maximum atomic E-state index is 6.22. The number of nitrogen functional groups attached to an aromatic ring is 2. The first-order valence-corrected chi connectivity index (χ1v) is 19.3. The molecule has 0 unspecified atom stereocenters. The molecule has 0 spiro atoms. The number of unbranched alkanes of at least 4 members (excludes halogenated alkanes) is 5. The average Bonchev–Trinajstić information content (AvgIpc) is 3.17. The van der Waals surface area contributed by atoms with E-state index < -0.39 is 0 Å². The Bertz CT molecular complexity index is 2330. The van der Waals surface area contributed by atoms with E-state index in [0.717, 1.165) is 93.5 Å². The molecule has 0 radical (unpaired) electrons. The maximum absolute atomic E-state index is 6.22. The fourth-order valence-electron chi connectivity index (χ4n) is 7.19. The Balaban J connectivity index is 0.850. The Labute approximate surface area is 318 Å². The molecule has 1 aliphatic carbocycles. The SMILES string of the molecule is CC1=CC(=Nc2ccc(N)cc2[NH2+]c2ccccc2)CC=C1NCCCCCCCCNc1cc2c(cc1C)nc1ccc(N)cc1[n+]2-c1ccccc1. The fourth-order valence-corrected chi connectivity index (χ4v) is 7.19. The van der Waals surface area contributed by atoms with Crippen molar-refractivity contribution in [1.29, 1.82) is 0 Å². The van der Waals surface area contributed by atoms with Crippen molar-refractivity contribution in [3.8, 4) is 5.69 Å². The summed E-state index contributed by atoms with van der Waals surface area (Å²) >= 11 is 0. The van der Waals surface area contributed by atoms with Crippen LogP contribution in [0.3, 0.4) is 0 Å². The van der Waals surface area contributed by atoms with Gasteiger partial charge >= 0.3 is 0 Å². The third-order valence-corrected chi connectivity index (χ3v) is 10.1. The van der Waals surface area contributed by atoms with E-state index in [4.69, 9.17) is 21.4 Å². The molecular weight excluding hydrogens is 665 g/mol. The van der Waals surface area contributed by atoms with Gasteiger partial charge in [-0.1, -0.05) is 68.2 Å². The number of hydrogen-bond donors (Lipinski definition) is 5. The van der Waals surface area contributed by atoms with E-state index in [9.17, 15) is 0 Å². The van der Waals surface area contributed by atoms with Gasteiger partial charge in [0.1, 0.15) is 22.4 Å². The van der Waals surface area contributed by atoms with Crippen molar-refractivity contribution >= 4 is 61.9 Å². The number of nitrogens with zero attached hydrogens (tertiary/aromatic N) is 3. The summed E-state index contributed by atoms with van der Waals surface area (Å²) in [7, 11) is 0. The predicted molar refractivity (Wildman–Crippen MR) is 226 cm³/mol. The monoisotopic (exact) mass is 716 g/mol. The number of allylic oxidation sites excluding steroid dienone is 3. The molecule has 0 aliphatic heterocycles. The first kappa shape index (κ1) is 36.4. The zero-order chi connectivity index (χ0) is 37.3. The van der Waals surface area contributed by atoms with Gasteiger partial charge in [0.05, 0.1) is 0 Å². The van der Waals surface area contributed by atoms with Crippen LogP contribution < -0.4 is 32.0 Å². The molecular formula is C46H52N8+2. The Kier molecular flexibility index (Phi) is 11.6. The van der Waals surface area contributed by atoms with E-state index in [2.05, 4.69) is 95.0 Å². The van der Waals surface area contributed by atoms with Gasteiger partial charge in [0.25, 0.3) is 0 Å². The number of aliphatic imine (C=N–C) groups is 1. The highest BCUT2D eigenvalue weighted by atomic mass is 15.0. The smallest absolute Gasteiger partial charge is 0.239 e. The second-order valence-corrected chi connectivity index (χ2v) is 14.3. The van der Waals surface area contributed by atoms with Crippen LogP contribution in [0.15, 0.2) is 138 Å². The first-order valence-electron chi connectivity index (χ1n) is 19.3. The van der Waals surface area contributed by atoms with Crippen molar-refractivity contribution in [2.24, 2.45) is 4.99 Å². The zero-order valence-corrected chi connectivity index (χ0v) is 31.5. The standard InChI is InChI=1S/C46H50N8/c1-32-27-37(52-40-22-19-34(47)29-43(40)51-36-15-9-7-10-16-36)21-24-39(32)49-25-13-5-3-4-6-14-26-50-42-31-46-44(28-33(42)2)53-41-23-20-35(48)30-45(41)54(46)38-17-11-8-12-18-38/h7-12,15-20,22-24,27-31,49,51H,3-6,13-14,21,25-26,47H2,1-2H3,(H2,48,50)/p+2. The highest BCUT2D eigenvalue weighted by Gasteiger charge is 2.21. The molecule has 0 saturated carbocycles. The van der Waals surface area contributed by atoms with Crippen LogP contribution in [0.25, 0.3) is 27.8 Å². The molecule has 7 rings (SSSR count). The summed E-state index contributed by atoms with van der Waals surface area (Å²) in [4.78, 5) is 10.0. The molecule has 54 heavy (non-hydrogen) atoms. The summed E-state index contributed by atoms with van der Waals surface area (Å²) in [5.74, 6) is 0. The summed E-state index contributed by atoms with van der Waals surface area (Å²) in [6.45, 7) is 6.26. The van der Waals surface area contributed by atoms with Crippen molar-refractivity contribution in [3.05, 3.63) is 138 Å². The third kappa shape index (κ3) is 8.96. The quantitative estimate of drug-likeness (QED) is 0.0314. The number of rotatable bonds is 15. The number of quaternary nitrogens is 1. The summed E-state index contributed by atoms with van der Waals surface area (Å²) in [6, 6.07) is 37.0. The molecule has 0 amide bonds. The molecule has 1 aromatic heterocycles. The predicted octanol–water partition coefficient (Wildman–Crippen LogP) is 9.01. The molecule has 6 aromatic rings. The Morgan fingerprint density at radius 3 is 2.13 bits per heavy atom. The number of fused-ring (bicyclic) bond motifs is 2. The second-order valence-electron chi connectivity index (χ2n) is 14.3. The Hall–Kier alpha value is -5.99. The number of benzene rings is 5. The fraction of sp³-hybridized carbons (Fsp3) is 0.239. The lowest BCUT2D eigenvalue weighted by atomic mass is 10.0. The molecule has 0 bridgehead atoms. The Morgan fingerprint density at radius 2 is 1.37 bits per heavy atom. The van der Waals surface area contributed by atoms with Crippen molar-refractivity contribution in [1.82, 2.24) is 10.3 Å². The van der Waals surface area contributed by atoms with Crippen LogP contribution in [0, 0.1) is 6.92 Å². The van der Waals surface area contributed by atoms with Crippen LogP contribution in [0.5, 0.6) is 0 Å². The second kappa shape index (κ2) is 17.2. The van der Waals surface area contributed by atoms with Gasteiger partial charge in [-0.05, 0) is 86.4 Å². The number of para-hydroxylation sites is 2. The molecule has 274 valence electrons. The van der Waals surface area contributed by atoms with Gasteiger partial charge in [-0.15, -0.1) is 4.57 Å². The van der Waals surface area contributed by atoms with E-state index in [0.29, 0.717) is 0 Å². The number of nitrogens with two attached hydrogens (primary N) is 3. The van der Waals surface area contributed by atoms with E-state index in [1.807, 2.05) is 60.7 Å². The molecule has 8 heteroatoms. The molecule has 1 heterocycles. The zero-order valence-electron chi connectivity index (χ0n) is 31.5. The number of nitrogens with one attached hydrogen (secondary N) is 2. The van der Waals surface area contributed by atoms with Gasteiger partial charge in [-0.2, -0.15) is 0 Å². The van der Waals surface area contributed by atoms with Gasteiger partial charge < -0.3 is 22.1 Å². The van der Waals surface area contributed by atoms with Gasteiger partial charge in [0, 0.05) is 78.3 Å². The van der Waals surface area contributed by atoms with E-state index >= 15 is 0 Å². The van der Waals surface area contributed by atoms with E-state index in [-0.39, 0.29) is 0 Å². The van der Waals surface area contributed by atoms with Crippen LogP contribution in [-0.4, -0.2) is 23.8 Å². The van der Waals surface area contributed by atoms with E-state index in [1.54, 1.807) is 0 Å². The lowest BCUT2D eigenvalue weighted by Gasteiger charge is -2.16. The highest BCUT2D eigenvalue weighted by molar-refractivity contribution is 6.00. The molecule has 8 nitrogen and oxygen atoms in total. The Morgan fingerprint density at radius 1 is 0.704 bits per heavy atom. The average molecular weight is 717 g/mol. The number of aromatic nitrogens is 2. The van der Waals surface area contributed by atoms with Crippen molar-refractivity contribution in [3.63, 3.8) is 0 Å². The van der Waals surface area contributed by atoms with E-state index in [1.165, 1.54) is 48.9 Å². The minimum Gasteiger partial charge on any atom is -0.399 e. The summed E-state index contributed by atoms with van der Waals surface area (Å²) in [5, 5.41) is 9.54. The molecule has 0 saturated heterocycles. The maximum Gasteiger partial charge on any atom is 0.239 e. The van der Waals surface area contributed by atoms with Crippen LogP contribution in [0.4, 0.5) is 34.1 Å². The van der Waals surface area contributed by atoms with Crippen molar-refractivity contribution < 1.29 is 9.88 Å². The highest BCUT2D eigenvalue weighted by Crippen LogP contribution is 2.28. The topological polar surface area (TPSA) is 122 Å². The summed E-state index contributed by atoms with van der Waals surface area (Å²) in [5.41, 5.74) is 27.8. The minimum absolute atomic E-state index is 0.729. The molecule has 0 atom stereocenters. The first-order chi connectivity index (χ1) is 26.4. The third-order valence-electron chi connectivity index (χ3n) is 10.1. The molecule has 1 aliphatic rings. The van der Waals surface area contributed by atoms with Crippen LogP contribution in [0.2, 0.25) is 0 Å². The van der Waals surface area contributed by atoms with Crippen LogP contribution in [0.1, 0.15) is 57.4 Å². The number of aryl methyl sites for hydroxylation is 1. The molecule has 5 aromatic carbocycles. The van der Waals surface area contributed by atoms with Crippen molar-refractivity contribution in [2.45, 2.75) is 58.8 Å².